The number of halogens is 2. The van der Waals surface area contributed by atoms with E-state index < -0.39 is 0 Å². The SMILES string of the molecule is CSc1cccc(N(CCCl)CCCl)c1. The Hall–Kier alpha value is -0.0500. The van der Waals surface area contributed by atoms with Crippen LogP contribution in [0.25, 0.3) is 0 Å². The van der Waals surface area contributed by atoms with Crippen molar-refractivity contribution in [2.24, 2.45) is 0 Å². The quantitative estimate of drug-likeness (QED) is 0.569. The van der Waals surface area contributed by atoms with Crippen molar-refractivity contribution in [2.45, 2.75) is 4.90 Å². The molecule has 0 fully saturated rings. The molecule has 0 bridgehead atoms. The van der Waals surface area contributed by atoms with Crippen molar-refractivity contribution >= 4 is 40.7 Å². The number of hydrogen-bond donors (Lipinski definition) is 0. The van der Waals surface area contributed by atoms with Crippen molar-refractivity contribution in [1.29, 1.82) is 0 Å². The average Bonchev–Trinajstić information content (AvgIpc) is 2.29. The highest BCUT2D eigenvalue weighted by atomic mass is 35.5. The van der Waals surface area contributed by atoms with Gasteiger partial charge in [0.05, 0.1) is 0 Å². The molecule has 0 radical (unpaired) electrons. The molecule has 0 heterocycles. The van der Waals surface area contributed by atoms with Gasteiger partial charge < -0.3 is 4.90 Å². The predicted molar refractivity (Wildman–Crippen MR) is 71.9 cm³/mol. The first kappa shape index (κ1) is 13.0. The van der Waals surface area contributed by atoms with Gasteiger partial charge in [0.1, 0.15) is 0 Å². The first-order chi connectivity index (χ1) is 7.31. The number of nitrogens with zero attached hydrogens (tertiary/aromatic N) is 1. The molecular weight excluding hydrogens is 249 g/mol. The standard InChI is InChI=1S/C11H15Cl2NS/c1-15-11-4-2-3-10(9-11)14(7-5-12)8-6-13/h2-4,9H,5-8H2,1H3. The third-order valence-corrected chi connectivity index (χ3v) is 3.19. The normalized spacial score (nSPS) is 10.3. The second-order valence-electron chi connectivity index (χ2n) is 3.07. The highest BCUT2D eigenvalue weighted by Crippen LogP contribution is 2.22. The summed E-state index contributed by atoms with van der Waals surface area (Å²) in [6.45, 7) is 1.68. The zero-order chi connectivity index (χ0) is 11.1. The first-order valence-electron chi connectivity index (χ1n) is 4.82. The molecule has 0 aliphatic carbocycles. The van der Waals surface area contributed by atoms with E-state index in [1.54, 1.807) is 11.8 Å². The summed E-state index contributed by atoms with van der Waals surface area (Å²) in [6.07, 6.45) is 2.08. The van der Waals surface area contributed by atoms with Crippen LogP contribution in [-0.2, 0) is 0 Å². The van der Waals surface area contributed by atoms with Crippen LogP contribution in [-0.4, -0.2) is 31.1 Å². The minimum atomic E-state index is 0.625. The van der Waals surface area contributed by atoms with Gasteiger partial charge >= 0.3 is 0 Å². The fourth-order valence-electron chi connectivity index (χ4n) is 1.38. The molecule has 0 saturated carbocycles. The lowest BCUT2D eigenvalue weighted by Crippen LogP contribution is -2.27. The van der Waals surface area contributed by atoms with E-state index in [1.807, 2.05) is 0 Å². The molecule has 0 aromatic heterocycles. The Kier molecular flexibility index (Phi) is 6.30. The summed E-state index contributed by atoms with van der Waals surface area (Å²) in [5, 5.41) is 0. The first-order valence-corrected chi connectivity index (χ1v) is 7.12. The molecule has 1 nitrogen and oxygen atoms in total. The van der Waals surface area contributed by atoms with Crippen LogP contribution < -0.4 is 4.90 Å². The van der Waals surface area contributed by atoms with E-state index in [2.05, 4.69) is 35.4 Å². The predicted octanol–water partition coefficient (Wildman–Crippen LogP) is 3.69. The second kappa shape index (κ2) is 7.26. The number of anilines is 1. The van der Waals surface area contributed by atoms with Gasteiger partial charge in [-0.2, -0.15) is 0 Å². The summed E-state index contributed by atoms with van der Waals surface area (Å²) < 4.78 is 0. The lowest BCUT2D eigenvalue weighted by molar-refractivity contribution is 0.872. The monoisotopic (exact) mass is 263 g/mol. The zero-order valence-electron chi connectivity index (χ0n) is 8.75. The van der Waals surface area contributed by atoms with Crippen molar-refractivity contribution < 1.29 is 0 Å². The van der Waals surface area contributed by atoms with Crippen LogP contribution in [0, 0.1) is 0 Å². The molecule has 1 aromatic carbocycles. The van der Waals surface area contributed by atoms with Gasteiger partial charge in [-0.3, -0.25) is 0 Å². The second-order valence-corrected chi connectivity index (χ2v) is 4.70. The Morgan fingerprint density at radius 2 is 1.87 bits per heavy atom. The molecule has 15 heavy (non-hydrogen) atoms. The van der Waals surface area contributed by atoms with Crippen molar-refractivity contribution in [3.8, 4) is 0 Å². The van der Waals surface area contributed by atoms with Crippen LogP contribution in [0.1, 0.15) is 0 Å². The lowest BCUT2D eigenvalue weighted by Gasteiger charge is -2.23. The van der Waals surface area contributed by atoms with E-state index in [4.69, 9.17) is 23.2 Å². The maximum absolute atomic E-state index is 5.77. The number of alkyl halides is 2. The molecule has 0 aliphatic heterocycles. The van der Waals surface area contributed by atoms with Gasteiger partial charge in [0, 0.05) is 35.4 Å². The van der Waals surface area contributed by atoms with E-state index >= 15 is 0 Å². The third-order valence-electron chi connectivity index (χ3n) is 2.13. The van der Waals surface area contributed by atoms with Gasteiger partial charge in [-0.05, 0) is 24.5 Å². The Bertz CT molecular complexity index is 288. The van der Waals surface area contributed by atoms with Crippen LogP contribution in [0.2, 0.25) is 0 Å². The molecule has 0 saturated heterocycles. The maximum Gasteiger partial charge on any atom is 0.0399 e. The van der Waals surface area contributed by atoms with E-state index in [0.717, 1.165) is 13.1 Å². The van der Waals surface area contributed by atoms with Gasteiger partial charge in [-0.25, -0.2) is 0 Å². The van der Waals surface area contributed by atoms with Crippen LogP contribution in [0.3, 0.4) is 0 Å². The fourth-order valence-corrected chi connectivity index (χ4v) is 2.24. The van der Waals surface area contributed by atoms with Crippen molar-refractivity contribution in [1.82, 2.24) is 0 Å². The largest absolute Gasteiger partial charge is 0.369 e. The molecule has 0 atom stereocenters. The summed E-state index contributed by atoms with van der Waals surface area (Å²) in [4.78, 5) is 3.47. The number of rotatable bonds is 6. The van der Waals surface area contributed by atoms with Crippen LogP contribution >= 0.6 is 35.0 Å². The number of hydrogen-bond acceptors (Lipinski definition) is 2. The van der Waals surface area contributed by atoms with Gasteiger partial charge in [-0.1, -0.05) is 6.07 Å². The third kappa shape index (κ3) is 4.13. The average molecular weight is 264 g/mol. The Morgan fingerprint density at radius 3 is 2.40 bits per heavy atom. The highest BCUT2D eigenvalue weighted by Gasteiger charge is 2.05. The molecule has 1 aromatic rings. The summed E-state index contributed by atoms with van der Waals surface area (Å²) in [5.74, 6) is 1.25. The van der Waals surface area contributed by atoms with E-state index in [9.17, 15) is 0 Å². The van der Waals surface area contributed by atoms with Crippen molar-refractivity contribution in [3.63, 3.8) is 0 Å². The summed E-state index contributed by atoms with van der Waals surface area (Å²) in [7, 11) is 0. The molecule has 0 N–H and O–H groups in total. The lowest BCUT2D eigenvalue weighted by atomic mass is 10.3. The molecule has 1 rings (SSSR count). The van der Waals surface area contributed by atoms with E-state index in [-0.39, 0.29) is 0 Å². The van der Waals surface area contributed by atoms with Gasteiger partial charge in [0.25, 0.3) is 0 Å². The molecule has 0 spiro atoms. The molecule has 4 heteroatoms. The number of benzene rings is 1. The van der Waals surface area contributed by atoms with Gasteiger partial charge in [-0.15, -0.1) is 35.0 Å². The number of thioether (sulfide) groups is 1. The van der Waals surface area contributed by atoms with Crippen LogP contribution in [0.5, 0.6) is 0 Å². The topological polar surface area (TPSA) is 3.24 Å². The molecule has 0 amide bonds. The molecule has 84 valence electrons. The zero-order valence-corrected chi connectivity index (χ0v) is 11.1. The van der Waals surface area contributed by atoms with Crippen LogP contribution in [0.15, 0.2) is 29.2 Å². The Morgan fingerprint density at radius 1 is 1.20 bits per heavy atom. The fraction of sp³-hybridized carbons (Fsp3) is 0.455. The van der Waals surface area contributed by atoms with Gasteiger partial charge in [0.15, 0.2) is 0 Å². The van der Waals surface area contributed by atoms with E-state index in [1.165, 1.54) is 10.6 Å². The van der Waals surface area contributed by atoms with Crippen molar-refractivity contribution in [2.75, 3.05) is 36.0 Å². The van der Waals surface area contributed by atoms with Gasteiger partial charge in [0.2, 0.25) is 0 Å². The summed E-state index contributed by atoms with van der Waals surface area (Å²) in [5.41, 5.74) is 1.20. The summed E-state index contributed by atoms with van der Waals surface area (Å²) in [6, 6.07) is 8.44. The van der Waals surface area contributed by atoms with E-state index in [0.29, 0.717) is 11.8 Å². The maximum atomic E-state index is 5.77. The summed E-state index contributed by atoms with van der Waals surface area (Å²) >= 11 is 13.3. The Labute approximate surface area is 106 Å². The Balaban J connectivity index is 2.79. The smallest absolute Gasteiger partial charge is 0.0399 e. The minimum absolute atomic E-state index is 0.625. The minimum Gasteiger partial charge on any atom is -0.369 e. The van der Waals surface area contributed by atoms with Crippen molar-refractivity contribution in [3.05, 3.63) is 24.3 Å². The molecule has 0 unspecified atom stereocenters. The van der Waals surface area contributed by atoms with Crippen LogP contribution in [0.4, 0.5) is 5.69 Å². The molecule has 0 aliphatic rings. The highest BCUT2D eigenvalue weighted by molar-refractivity contribution is 7.98. The molecular formula is C11H15Cl2NS.